The molecule has 0 radical (unpaired) electrons. The number of allylic oxidation sites excluding steroid dienone is 1. The maximum atomic E-state index is 13.2. The van der Waals surface area contributed by atoms with Crippen molar-refractivity contribution in [3.05, 3.63) is 35.2 Å². The van der Waals surface area contributed by atoms with E-state index in [4.69, 9.17) is 22.1 Å². The van der Waals surface area contributed by atoms with E-state index in [-0.39, 0.29) is 17.9 Å². The van der Waals surface area contributed by atoms with Gasteiger partial charge in [-0.05, 0) is 26.0 Å². The summed E-state index contributed by atoms with van der Waals surface area (Å²) in [4.78, 5) is 17.4. The van der Waals surface area contributed by atoms with Crippen LogP contribution in [0.15, 0.2) is 35.2 Å². The van der Waals surface area contributed by atoms with Gasteiger partial charge in [0.1, 0.15) is 6.04 Å². The monoisotopic (exact) mass is 521 g/mol. The van der Waals surface area contributed by atoms with Gasteiger partial charge in [-0.1, -0.05) is 11.6 Å². The van der Waals surface area contributed by atoms with Gasteiger partial charge in [-0.3, -0.25) is 9.89 Å². The summed E-state index contributed by atoms with van der Waals surface area (Å²) < 4.78 is 32.0. The highest BCUT2D eigenvalue weighted by atomic mass is 35.5. The lowest BCUT2D eigenvalue weighted by Gasteiger charge is -2.45. The number of alkyl halides is 2. The number of aliphatic hydroxyl groups excluding tert-OH is 1. The minimum Gasteiger partial charge on any atom is -0.403 e. The number of aliphatic hydroxyl groups is 1. The molecule has 2 saturated heterocycles. The van der Waals surface area contributed by atoms with Crippen LogP contribution in [0.4, 0.5) is 20.4 Å². The smallest absolute Gasteiger partial charge is 0.272 e. The van der Waals surface area contributed by atoms with Gasteiger partial charge in [-0.25, -0.2) is 18.7 Å². The number of aliphatic imine (C=N–C) groups is 1. The molecule has 1 aromatic carbocycles. The van der Waals surface area contributed by atoms with Crippen molar-refractivity contribution in [2.24, 2.45) is 10.7 Å². The molecule has 3 unspecified atom stereocenters. The fourth-order valence-electron chi connectivity index (χ4n) is 4.77. The summed E-state index contributed by atoms with van der Waals surface area (Å²) in [5.41, 5.74) is 7.62. The van der Waals surface area contributed by atoms with E-state index in [0.717, 1.165) is 37.3 Å². The number of ether oxygens (including phenoxy) is 1. The van der Waals surface area contributed by atoms with Crippen molar-refractivity contribution >= 4 is 39.9 Å². The van der Waals surface area contributed by atoms with Gasteiger partial charge in [0, 0.05) is 50.4 Å². The molecule has 12 heteroatoms. The molecule has 3 atom stereocenters. The van der Waals surface area contributed by atoms with Gasteiger partial charge in [-0.2, -0.15) is 0 Å². The van der Waals surface area contributed by atoms with E-state index in [1.165, 1.54) is 6.20 Å². The second kappa shape index (κ2) is 9.37. The normalized spacial score (nSPS) is 29.1. The Bertz CT molecular complexity index is 1220. The summed E-state index contributed by atoms with van der Waals surface area (Å²) >= 11 is 6.63. The number of piperazine rings is 1. The third-order valence-corrected chi connectivity index (χ3v) is 7.63. The summed E-state index contributed by atoms with van der Waals surface area (Å²) in [5, 5.41) is 14.7. The lowest BCUT2D eigenvalue weighted by atomic mass is 9.95. The van der Waals surface area contributed by atoms with Gasteiger partial charge in [0.25, 0.3) is 5.92 Å². The first kappa shape index (κ1) is 25.1. The van der Waals surface area contributed by atoms with Crippen molar-refractivity contribution in [2.75, 3.05) is 49.6 Å². The molecule has 9 nitrogen and oxygen atoms in total. The second-order valence-electron chi connectivity index (χ2n) is 9.82. The van der Waals surface area contributed by atoms with E-state index in [1.54, 1.807) is 13.1 Å². The molecule has 0 bridgehead atoms. The molecular formula is C24H30ClF2N7O2. The minimum atomic E-state index is -2.75. The van der Waals surface area contributed by atoms with Crippen LogP contribution in [-0.4, -0.2) is 88.7 Å². The molecule has 1 aromatic heterocycles. The fraction of sp³-hybridized carbons (Fsp3) is 0.542. The zero-order chi connectivity index (χ0) is 25.7. The Kier molecular flexibility index (Phi) is 6.52. The first-order chi connectivity index (χ1) is 17.1. The summed E-state index contributed by atoms with van der Waals surface area (Å²) in [6, 6.07) is 2.75. The van der Waals surface area contributed by atoms with Crippen LogP contribution in [0.5, 0.6) is 0 Å². The Balaban J connectivity index is 1.32. The number of hydrogen-bond acceptors (Lipinski definition) is 9. The first-order valence-corrected chi connectivity index (χ1v) is 12.3. The van der Waals surface area contributed by atoms with Crippen molar-refractivity contribution in [1.29, 1.82) is 0 Å². The Morgan fingerprint density at radius 1 is 1.33 bits per heavy atom. The van der Waals surface area contributed by atoms with Crippen LogP contribution in [0.25, 0.3) is 10.9 Å². The highest BCUT2D eigenvalue weighted by Crippen LogP contribution is 2.44. The third-order valence-electron chi connectivity index (χ3n) is 7.32. The summed E-state index contributed by atoms with van der Waals surface area (Å²) in [6.07, 6.45) is 2.17. The standard InChI is InChI=1S/C24H30ClF2N7O2/c1-14(30-20-9-24(20,26)27)18(10-28)32-22-29-11-15-7-16(25)19(8-17(15)31-22)33-3-5-34(6-4-33)23(2)13-36-12-21(23)35/h7-8,10-11,20-21,35H,3-6,9,12-13,28H2,1-2H3,(H,29,31,32)/b18-10+,30-14?. The third kappa shape index (κ3) is 4.72. The van der Waals surface area contributed by atoms with Gasteiger partial charge in [0.2, 0.25) is 5.95 Å². The Morgan fingerprint density at radius 3 is 2.67 bits per heavy atom. The van der Waals surface area contributed by atoms with Crippen molar-refractivity contribution < 1.29 is 18.6 Å². The molecule has 36 heavy (non-hydrogen) atoms. The highest BCUT2D eigenvalue weighted by Gasteiger charge is 2.57. The molecule has 3 heterocycles. The molecule has 194 valence electrons. The van der Waals surface area contributed by atoms with E-state index in [0.29, 0.717) is 35.2 Å². The van der Waals surface area contributed by atoms with Crippen LogP contribution in [0.1, 0.15) is 20.3 Å². The number of halogens is 3. The van der Waals surface area contributed by atoms with Crippen molar-refractivity contribution in [3.8, 4) is 0 Å². The second-order valence-corrected chi connectivity index (χ2v) is 10.2. The first-order valence-electron chi connectivity index (χ1n) is 11.9. The summed E-state index contributed by atoms with van der Waals surface area (Å²) in [7, 11) is 0. The summed E-state index contributed by atoms with van der Waals surface area (Å²) in [6.45, 7) is 7.57. The number of benzene rings is 1. The Hall–Kier alpha value is -2.60. The number of fused-ring (bicyclic) bond motifs is 1. The van der Waals surface area contributed by atoms with Crippen LogP contribution in [0.2, 0.25) is 5.02 Å². The average molecular weight is 522 g/mol. The van der Waals surface area contributed by atoms with Crippen molar-refractivity contribution in [3.63, 3.8) is 0 Å². The van der Waals surface area contributed by atoms with Gasteiger partial charge in [-0.15, -0.1) is 0 Å². The summed E-state index contributed by atoms with van der Waals surface area (Å²) in [5.74, 6) is -2.47. The number of nitrogens with one attached hydrogen (secondary N) is 1. The van der Waals surface area contributed by atoms with E-state index in [2.05, 4.69) is 30.1 Å². The van der Waals surface area contributed by atoms with Crippen LogP contribution < -0.4 is 16.0 Å². The van der Waals surface area contributed by atoms with Crippen LogP contribution in [0, 0.1) is 0 Å². The predicted molar refractivity (Wildman–Crippen MR) is 136 cm³/mol. The highest BCUT2D eigenvalue weighted by molar-refractivity contribution is 6.34. The number of nitrogens with zero attached hydrogens (tertiary/aromatic N) is 5. The van der Waals surface area contributed by atoms with Gasteiger partial charge < -0.3 is 25.8 Å². The van der Waals surface area contributed by atoms with Crippen LogP contribution in [0.3, 0.4) is 0 Å². The number of anilines is 2. The molecule has 4 N–H and O–H groups in total. The van der Waals surface area contributed by atoms with E-state index in [9.17, 15) is 13.9 Å². The largest absolute Gasteiger partial charge is 0.403 e. The molecule has 0 amide bonds. The molecule has 2 aromatic rings. The molecule has 5 rings (SSSR count). The Labute approximate surface area is 213 Å². The van der Waals surface area contributed by atoms with E-state index < -0.39 is 18.1 Å². The lowest BCUT2D eigenvalue weighted by Crippen LogP contribution is -2.60. The molecule has 1 aliphatic carbocycles. The fourth-order valence-corrected chi connectivity index (χ4v) is 5.06. The van der Waals surface area contributed by atoms with Crippen LogP contribution in [-0.2, 0) is 4.74 Å². The zero-order valence-electron chi connectivity index (χ0n) is 20.2. The topological polar surface area (TPSA) is 112 Å². The molecular weight excluding hydrogens is 492 g/mol. The van der Waals surface area contributed by atoms with Crippen molar-refractivity contribution in [2.45, 2.75) is 43.9 Å². The van der Waals surface area contributed by atoms with Crippen molar-refractivity contribution in [1.82, 2.24) is 14.9 Å². The average Bonchev–Trinajstić information content (AvgIpc) is 3.30. The lowest BCUT2D eigenvalue weighted by molar-refractivity contribution is 0.00884. The zero-order valence-corrected chi connectivity index (χ0v) is 21.0. The number of nitrogens with two attached hydrogens (primary N) is 1. The predicted octanol–water partition coefficient (Wildman–Crippen LogP) is 2.64. The minimum absolute atomic E-state index is 0.250. The number of hydrogen-bond donors (Lipinski definition) is 3. The van der Waals surface area contributed by atoms with E-state index >= 15 is 0 Å². The molecule has 3 fully saturated rings. The van der Waals surface area contributed by atoms with E-state index in [1.807, 2.05) is 19.1 Å². The van der Waals surface area contributed by atoms with Gasteiger partial charge in [0.15, 0.2) is 0 Å². The molecule has 2 aliphatic heterocycles. The SMILES string of the molecule is CC(=NC1CC1(F)F)/C(=C\N)Nc1ncc2cc(Cl)c(N3CCN(C4(C)COCC4O)CC3)cc2n1. The van der Waals surface area contributed by atoms with Crippen LogP contribution >= 0.6 is 11.6 Å². The maximum Gasteiger partial charge on any atom is 0.272 e. The molecule has 3 aliphatic rings. The quantitative estimate of drug-likeness (QED) is 0.497. The molecule has 1 saturated carbocycles. The van der Waals surface area contributed by atoms with Gasteiger partial charge in [0.05, 0.1) is 52.5 Å². The maximum absolute atomic E-state index is 13.2. The number of aromatic nitrogens is 2. The Morgan fingerprint density at radius 2 is 2.06 bits per heavy atom. The van der Waals surface area contributed by atoms with Gasteiger partial charge >= 0.3 is 0 Å². The molecule has 0 spiro atoms. The number of rotatable bonds is 6.